The minimum atomic E-state index is 0.565. The molecule has 3 aromatic rings. The van der Waals surface area contributed by atoms with E-state index in [1.54, 1.807) is 4.68 Å². The van der Waals surface area contributed by atoms with Gasteiger partial charge in [0.15, 0.2) is 5.82 Å². The normalized spacial score (nSPS) is 20.1. The minimum absolute atomic E-state index is 0.565. The van der Waals surface area contributed by atoms with Crippen LogP contribution in [0.2, 0.25) is 0 Å². The fraction of sp³-hybridized carbons (Fsp3) is 0.526. The minimum Gasteiger partial charge on any atom is -0.355 e. The van der Waals surface area contributed by atoms with Gasteiger partial charge in [-0.3, -0.25) is 4.68 Å². The Bertz CT molecular complexity index is 851. The molecule has 4 heterocycles. The van der Waals surface area contributed by atoms with Crippen molar-refractivity contribution in [2.24, 2.45) is 24.6 Å². The topological polar surface area (TPSA) is 77.3 Å². The highest BCUT2D eigenvalue weighted by atomic mass is 15.3. The summed E-state index contributed by atoms with van der Waals surface area (Å²) in [6.07, 6.45) is 8.71. The highest BCUT2D eigenvalue weighted by Gasteiger charge is 2.27. The highest BCUT2D eigenvalue weighted by molar-refractivity contribution is 5.72. The van der Waals surface area contributed by atoms with Crippen LogP contribution >= 0.6 is 0 Å². The van der Waals surface area contributed by atoms with Crippen LogP contribution in [0.15, 0.2) is 30.9 Å². The van der Waals surface area contributed by atoms with Gasteiger partial charge in [0.25, 0.3) is 0 Å². The molecule has 0 aromatic carbocycles. The van der Waals surface area contributed by atoms with Crippen molar-refractivity contribution in [3.05, 3.63) is 30.9 Å². The van der Waals surface area contributed by atoms with Gasteiger partial charge in [-0.15, -0.1) is 0 Å². The summed E-state index contributed by atoms with van der Waals surface area (Å²) >= 11 is 0. The van der Waals surface area contributed by atoms with Gasteiger partial charge in [-0.25, -0.2) is 9.50 Å². The van der Waals surface area contributed by atoms with Crippen molar-refractivity contribution in [1.29, 1.82) is 0 Å². The largest absolute Gasteiger partial charge is 0.355 e. The Morgan fingerprint density at radius 1 is 1.23 bits per heavy atom. The van der Waals surface area contributed by atoms with Crippen molar-refractivity contribution in [1.82, 2.24) is 24.4 Å². The first-order valence-electron chi connectivity index (χ1n) is 9.44. The molecule has 1 fully saturated rings. The third-order valence-electron chi connectivity index (χ3n) is 5.06. The van der Waals surface area contributed by atoms with E-state index in [-0.39, 0.29) is 0 Å². The zero-order chi connectivity index (χ0) is 18.7. The van der Waals surface area contributed by atoms with Crippen molar-refractivity contribution < 1.29 is 0 Å². The van der Waals surface area contributed by atoms with Crippen LogP contribution in [0.5, 0.6) is 0 Å². The van der Waals surface area contributed by atoms with E-state index in [1.165, 1.54) is 0 Å². The maximum Gasteiger partial charge on any atom is 0.155 e. The Morgan fingerprint density at radius 3 is 2.69 bits per heavy atom. The predicted octanol–water partition coefficient (Wildman–Crippen LogP) is 2.58. The second-order valence-electron chi connectivity index (χ2n) is 6.72. The third-order valence-corrected chi connectivity index (χ3v) is 5.06. The molecule has 7 heteroatoms. The molecule has 4 rings (SSSR count). The Morgan fingerprint density at radius 2 is 2.04 bits per heavy atom. The quantitative estimate of drug-likeness (QED) is 0.781. The molecule has 2 atom stereocenters. The van der Waals surface area contributed by atoms with E-state index in [2.05, 4.69) is 22.0 Å². The fourth-order valence-electron chi connectivity index (χ4n) is 3.57. The highest BCUT2D eigenvalue weighted by Crippen LogP contribution is 2.30. The van der Waals surface area contributed by atoms with Gasteiger partial charge in [0.2, 0.25) is 0 Å². The van der Waals surface area contributed by atoms with Crippen molar-refractivity contribution in [2.45, 2.75) is 27.2 Å². The SMILES string of the molecule is CC.CC1CN(c2nc(-c3cnn(C)c3)cn3nccc23)CCC1CN. The Balaban J connectivity index is 0.000000948. The van der Waals surface area contributed by atoms with Gasteiger partial charge in [0.1, 0.15) is 5.52 Å². The van der Waals surface area contributed by atoms with E-state index in [9.17, 15) is 0 Å². The molecular weight excluding hydrogens is 326 g/mol. The number of aromatic nitrogens is 5. The molecule has 2 unspecified atom stereocenters. The number of hydrogen-bond donors (Lipinski definition) is 1. The van der Waals surface area contributed by atoms with E-state index < -0.39 is 0 Å². The first kappa shape index (κ1) is 18.4. The molecule has 0 bridgehead atoms. The molecule has 1 saturated heterocycles. The van der Waals surface area contributed by atoms with Gasteiger partial charge in [-0.1, -0.05) is 20.8 Å². The van der Waals surface area contributed by atoms with Crippen LogP contribution in [0, 0.1) is 11.8 Å². The average molecular weight is 355 g/mol. The monoisotopic (exact) mass is 355 g/mol. The number of hydrogen-bond acceptors (Lipinski definition) is 5. The van der Waals surface area contributed by atoms with E-state index in [1.807, 2.05) is 56.3 Å². The Labute approximate surface area is 154 Å². The van der Waals surface area contributed by atoms with Crippen molar-refractivity contribution >= 4 is 11.3 Å². The summed E-state index contributed by atoms with van der Waals surface area (Å²) in [5, 5.41) is 8.68. The number of nitrogens with two attached hydrogens (primary N) is 1. The van der Waals surface area contributed by atoms with Gasteiger partial charge in [0, 0.05) is 31.9 Å². The molecular formula is C19H29N7. The first-order valence-corrected chi connectivity index (χ1v) is 9.44. The van der Waals surface area contributed by atoms with Gasteiger partial charge in [-0.2, -0.15) is 10.2 Å². The molecule has 140 valence electrons. The summed E-state index contributed by atoms with van der Waals surface area (Å²) in [5.41, 5.74) is 8.83. The average Bonchev–Trinajstić information content (AvgIpc) is 3.31. The van der Waals surface area contributed by atoms with Crippen molar-refractivity contribution in [3.63, 3.8) is 0 Å². The number of anilines is 1. The predicted molar refractivity (Wildman–Crippen MR) is 105 cm³/mol. The van der Waals surface area contributed by atoms with E-state index in [0.29, 0.717) is 11.8 Å². The van der Waals surface area contributed by atoms with E-state index in [0.717, 1.165) is 48.6 Å². The van der Waals surface area contributed by atoms with Gasteiger partial charge in [0.05, 0.1) is 24.3 Å². The van der Waals surface area contributed by atoms with Crippen LogP contribution in [0.4, 0.5) is 5.82 Å². The molecule has 0 saturated carbocycles. The van der Waals surface area contributed by atoms with Crippen LogP contribution < -0.4 is 10.6 Å². The smallest absolute Gasteiger partial charge is 0.155 e. The number of rotatable bonds is 3. The fourth-order valence-corrected chi connectivity index (χ4v) is 3.57. The lowest BCUT2D eigenvalue weighted by Gasteiger charge is -2.37. The second-order valence-corrected chi connectivity index (χ2v) is 6.72. The second kappa shape index (κ2) is 7.86. The van der Waals surface area contributed by atoms with Crippen LogP contribution in [0.25, 0.3) is 16.8 Å². The Hall–Kier alpha value is -2.41. The summed E-state index contributed by atoms with van der Waals surface area (Å²) in [7, 11) is 1.91. The lowest BCUT2D eigenvalue weighted by Crippen LogP contribution is -2.42. The van der Waals surface area contributed by atoms with Crippen molar-refractivity contribution in [2.75, 3.05) is 24.5 Å². The van der Waals surface area contributed by atoms with Crippen LogP contribution in [-0.2, 0) is 7.05 Å². The number of piperidine rings is 1. The summed E-state index contributed by atoms with van der Waals surface area (Å²) < 4.78 is 3.70. The van der Waals surface area contributed by atoms with Crippen LogP contribution in [0.3, 0.4) is 0 Å². The zero-order valence-electron chi connectivity index (χ0n) is 16.1. The van der Waals surface area contributed by atoms with Crippen molar-refractivity contribution in [3.8, 4) is 11.3 Å². The van der Waals surface area contributed by atoms with Gasteiger partial charge >= 0.3 is 0 Å². The molecule has 0 amide bonds. The number of aryl methyl sites for hydroxylation is 1. The van der Waals surface area contributed by atoms with Crippen LogP contribution in [0.1, 0.15) is 27.2 Å². The standard InChI is InChI=1S/C17H23N7.C2H6/c1-12-9-23(6-4-13(12)7-18)17-16-3-5-19-24(16)11-15(21-17)14-8-20-22(2)10-14;1-2/h3,5,8,10-13H,4,6-7,9,18H2,1-2H3;1-2H3. The summed E-state index contributed by atoms with van der Waals surface area (Å²) in [5.74, 6) is 2.16. The molecule has 0 aliphatic carbocycles. The lowest BCUT2D eigenvalue weighted by atomic mass is 9.87. The lowest BCUT2D eigenvalue weighted by molar-refractivity contribution is 0.306. The zero-order valence-corrected chi connectivity index (χ0v) is 16.1. The van der Waals surface area contributed by atoms with E-state index >= 15 is 0 Å². The molecule has 1 aliphatic heterocycles. The molecule has 26 heavy (non-hydrogen) atoms. The van der Waals surface area contributed by atoms with Gasteiger partial charge in [-0.05, 0) is 30.9 Å². The molecule has 0 radical (unpaired) electrons. The third kappa shape index (κ3) is 3.44. The molecule has 0 spiro atoms. The van der Waals surface area contributed by atoms with E-state index in [4.69, 9.17) is 10.7 Å². The first-order chi connectivity index (χ1) is 12.7. The molecule has 1 aliphatic rings. The summed E-state index contributed by atoms with van der Waals surface area (Å²) in [6.45, 7) is 9.01. The summed E-state index contributed by atoms with van der Waals surface area (Å²) in [4.78, 5) is 7.31. The Kier molecular flexibility index (Phi) is 5.56. The maximum atomic E-state index is 5.90. The summed E-state index contributed by atoms with van der Waals surface area (Å²) in [6, 6.07) is 2.02. The molecule has 3 aromatic heterocycles. The van der Waals surface area contributed by atoms with Crippen LogP contribution in [-0.4, -0.2) is 44.0 Å². The molecule has 7 nitrogen and oxygen atoms in total. The maximum absolute atomic E-state index is 5.90. The molecule has 2 N–H and O–H groups in total. The number of fused-ring (bicyclic) bond motifs is 1. The number of nitrogens with zero attached hydrogens (tertiary/aromatic N) is 6. The van der Waals surface area contributed by atoms with Gasteiger partial charge < -0.3 is 10.6 Å².